The average molecular weight is 572 g/mol. The molecule has 1 aromatic rings. The fraction of sp³-hybridized carbons (Fsp3) is 0.423. The topological polar surface area (TPSA) is 107 Å². The monoisotopic (exact) mass is 571 g/mol. The first kappa shape index (κ1) is 32.2. The molecule has 0 saturated carbocycles. The Morgan fingerprint density at radius 3 is 2.03 bits per heavy atom. The maximum atomic E-state index is 13.1. The molecule has 9 nitrogen and oxygen atoms in total. The van der Waals surface area contributed by atoms with Gasteiger partial charge in [0.25, 0.3) is 21.9 Å². The van der Waals surface area contributed by atoms with E-state index in [1.165, 1.54) is 15.9 Å². The Hall–Kier alpha value is -2.02. The molecule has 1 N–H and O–H groups in total. The van der Waals surface area contributed by atoms with E-state index in [2.05, 4.69) is 0 Å². The summed E-state index contributed by atoms with van der Waals surface area (Å²) in [6, 6.07) is 7.33. The summed E-state index contributed by atoms with van der Waals surface area (Å²) in [5, 5.41) is 0.262. The molecule has 2 amide bonds. The van der Waals surface area contributed by atoms with Crippen LogP contribution in [-0.2, 0) is 19.7 Å². The molecule has 12 heteroatoms. The summed E-state index contributed by atoms with van der Waals surface area (Å²) in [5.74, 6) is -0.0788. The molecule has 1 aromatic carbocycles. The molecule has 0 atom stereocenters. The summed E-state index contributed by atoms with van der Waals surface area (Å²) in [6.45, 7) is 5.28. The predicted molar refractivity (Wildman–Crippen MR) is 154 cm³/mol. The first-order valence-electron chi connectivity index (χ1n) is 12.4. The number of fused-ring (bicyclic) bond motifs is 1. The van der Waals surface area contributed by atoms with Crippen molar-refractivity contribution < 1.29 is 27.3 Å². The molecule has 0 bridgehead atoms. The zero-order valence-corrected chi connectivity index (χ0v) is 22.8. The van der Waals surface area contributed by atoms with Gasteiger partial charge in [0.1, 0.15) is 5.57 Å². The number of thiocarbonyl (C=S) groups is 1. The van der Waals surface area contributed by atoms with Crippen LogP contribution in [-0.4, -0.2) is 94.6 Å². The van der Waals surface area contributed by atoms with Crippen LogP contribution in [0.25, 0.3) is 0 Å². The van der Waals surface area contributed by atoms with E-state index in [-0.39, 0.29) is 52.4 Å². The molecule has 0 aromatic heterocycles. The number of rotatable bonds is 12. The first-order chi connectivity index (χ1) is 17.7. The molecule has 2 aliphatic heterocycles. The quantitative estimate of drug-likeness (QED) is 0.134. The van der Waals surface area contributed by atoms with Gasteiger partial charge in [0.05, 0.1) is 11.4 Å². The van der Waals surface area contributed by atoms with Gasteiger partial charge in [-0.3, -0.25) is 23.9 Å². The Morgan fingerprint density at radius 1 is 0.895 bits per heavy atom. The fourth-order valence-corrected chi connectivity index (χ4v) is 4.82. The Morgan fingerprint density at radius 2 is 1.45 bits per heavy atom. The number of ether oxygens (including phenoxy) is 1. The van der Waals surface area contributed by atoms with Gasteiger partial charge in [-0.2, -0.15) is 8.42 Å². The number of hydrogen-bond donors (Lipinski definition) is 1. The summed E-state index contributed by atoms with van der Waals surface area (Å²) in [7, 11) is -4.07. The second-order valence-corrected chi connectivity index (χ2v) is 10.7. The van der Waals surface area contributed by atoms with Crippen LogP contribution in [0.2, 0.25) is 0 Å². The molecule has 0 spiro atoms. The minimum atomic E-state index is -4.07. The van der Waals surface area contributed by atoms with Gasteiger partial charge in [-0.1, -0.05) is 51.0 Å². The van der Waals surface area contributed by atoms with Crippen LogP contribution in [0.4, 0.5) is 5.69 Å². The summed E-state index contributed by atoms with van der Waals surface area (Å²) in [4.78, 5) is 31.0. The molecular weight excluding hydrogens is 537 g/mol. The summed E-state index contributed by atoms with van der Waals surface area (Å²) < 4.78 is 37.2. The van der Waals surface area contributed by atoms with Crippen molar-refractivity contribution >= 4 is 74.5 Å². The van der Waals surface area contributed by atoms with Crippen LogP contribution in [0.5, 0.6) is 5.75 Å². The number of carbonyl (C=O) groups is 2. The zero-order valence-electron chi connectivity index (χ0n) is 21.1. The van der Waals surface area contributed by atoms with Crippen molar-refractivity contribution in [3.8, 4) is 5.75 Å². The van der Waals surface area contributed by atoms with Crippen LogP contribution in [0.15, 0.2) is 60.0 Å². The molecule has 1 fully saturated rings. The van der Waals surface area contributed by atoms with Crippen molar-refractivity contribution in [2.45, 2.75) is 46.0 Å². The van der Waals surface area contributed by atoms with Crippen molar-refractivity contribution in [1.29, 1.82) is 0 Å². The number of para-hydroxylation sites is 2. The van der Waals surface area contributed by atoms with E-state index in [1.807, 2.05) is 36.9 Å². The second-order valence-electron chi connectivity index (χ2n) is 8.73. The SMILES string of the molecule is CCCCN1C(=O)C(=CC=CC=C2Oc3ccccc3N2CCCS(=O)(=O)O)C(=O)N(CCCC)C1=S.[NaH]. The standard InChI is InChI=1S/C26H33N3O6S2.Na.H/c1-3-5-16-28-24(30)20(25(31)29(26(28)36)17-6-4-2)12-7-10-15-23-27(18-11-19-37(32,33)34)21-13-8-9-14-22(21)35-23;;/h7-10,12-15H,3-6,11,16-19H2,1-2H3,(H,32,33,34);;. The van der Waals surface area contributed by atoms with E-state index < -0.39 is 21.9 Å². The molecule has 202 valence electrons. The second kappa shape index (κ2) is 14.9. The number of unbranched alkanes of at least 4 members (excludes halogenated alkanes) is 2. The van der Waals surface area contributed by atoms with E-state index >= 15 is 0 Å². The Balaban J connectivity index is 0.00000507. The van der Waals surface area contributed by atoms with Gasteiger partial charge in [0.15, 0.2) is 10.9 Å². The third-order valence-corrected chi connectivity index (χ3v) is 7.16. The molecule has 0 unspecified atom stereocenters. The van der Waals surface area contributed by atoms with Crippen molar-refractivity contribution in [3.63, 3.8) is 0 Å². The third-order valence-electron chi connectivity index (χ3n) is 5.92. The predicted octanol–water partition coefficient (Wildman–Crippen LogP) is 3.39. The molecule has 2 aliphatic rings. The third kappa shape index (κ3) is 8.24. The van der Waals surface area contributed by atoms with Gasteiger partial charge in [-0.05, 0) is 55.8 Å². The number of hydrogen-bond acceptors (Lipinski definition) is 7. The van der Waals surface area contributed by atoms with Crippen LogP contribution < -0.4 is 9.64 Å². The molecule has 2 heterocycles. The number of allylic oxidation sites excluding steroid dienone is 4. The van der Waals surface area contributed by atoms with E-state index in [4.69, 9.17) is 21.5 Å². The van der Waals surface area contributed by atoms with Gasteiger partial charge >= 0.3 is 29.6 Å². The summed E-state index contributed by atoms with van der Waals surface area (Å²) >= 11 is 5.48. The van der Waals surface area contributed by atoms with Gasteiger partial charge in [-0.25, -0.2) is 0 Å². The van der Waals surface area contributed by atoms with Crippen LogP contribution in [0.3, 0.4) is 0 Å². The van der Waals surface area contributed by atoms with E-state index in [9.17, 15) is 18.0 Å². The van der Waals surface area contributed by atoms with E-state index in [0.29, 0.717) is 31.3 Å². The van der Waals surface area contributed by atoms with Crippen molar-refractivity contribution in [2.24, 2.45) is 0 Å². The number of carbonyl (C=O) groups excluding carboxylic acids is 2. The van der Waals surface area contributed by atoms with Crippen molar-refractivity contribution in [2.75, 3.05) is 30.3 Å². The summed E-state index contributed by atoms with van der Waals surface area (Å²) in [6.07, 6.45) is 9.98. The number of benzene rings is 1. The average Bonchev–Trinajstić information content (AvgIpc) is 3.20. The fourth-order valence-electron chi connectivity index (χ4n) is 3.97. The minimum absolute atomic E-state index is 0. The number of anilines is 1. The van der Waals surface area contributed by atoms with Crippen LogP contribution in [0.1, 0.15) is 46.0 Å². The molecular formula is C26H34N3NaO6S2. The molecule has 1 saturated heterocycles. The molecule has 0 radical (unpaired) electrons. The van der Waals surface area contributed by atoms with Crippen molar-refractivity contribution in [1.82, 2.24) is 9.80 Å². The molecule has 0 aliphatic carbocycles. The first-order valence-corrected chi connectivity index (χ1v) is 14.5. The molecule has 3 rings (SSSR count). The normalized spacial score (nSPS) is 16.8. The van der Waals surface area contributed by atoms with Gasteiger partial charge < -0.3 is 9.64 Å². The molecule has 38 heavy (non-hydrogen) atoms. The van der Waals surface area contributed by atoms with Crippen LogP contribution >= 0.6 is 12.2 Å². The van der Waals surface area contributed by atoms with E-state index in [0.717, 1.165) is 31.4 Å². The number of amides is 2. The Labute approximate surface area is 252 Å². The van der Waals surface area contributed by atoms with Gasteiger partial charge in [-0.15, -0.1) is 0 Å². The number of nitrogens with zero attached hydrogens (tertiary/aromatic N) is 3. The summed E-state index contributed by atoms with van der Waals surface area (Å²) in [5.41, 5.74) is 0.830. The van der Waals surface area contributed by atoms with Crippen molar-refractivity contribution in [3.05, 3.63) is 60.0 Å². The van der Waals surface area contributed by atoms with Crippen LogP contribution in [0, 0.1) is 0 Å². The van der Waals surface area contributed by atoms with E-state index in [1.54, 1.807) is 24.3 Å². The zero-order chi connectivity index (χ0) is 27.0. The Kier molecular flexibility index (Phi) is 12.7. The van der Waals surface area contributed by atoms with Gasteiger partial charge in [0, 0.05) is 19.6 Å². The van der Waals surface area contributed by atoms with Gasteiger partial charge in [0.2, 0.25) is 5.88 Å². The Bertz CT molecular complexity index is 1200. The maximum absolute atomic E-state index is 13.1.